The van der Waals surface area contributed by atoms with Crippen molar-refractivity contribution in [2.75, 3.05) is 26.2 Å². The number of carbonyl (C=O) groups is 3. The van der Waals surface area contributed by atoms with Crippen molar-refractivity contribution in [2.45, 2.75) is 0 Å². The molecule has 0 spiro atoms. The molecule has 2 aromatic carbocycles. The predicted octanol–water partition coefficient (Wildman–Crippen LogP) is 1.96. The van der Waals surface area contributed by atoms with Crippen molar-refractivity contribution >= 4 is 41.0 Å². The van der Waals surface area contributed by atoms with Crippen LogP contribution in [0.5, 0.6) is 0 Å². The van der Waals surface area contributed by atoms with Crippen LogP contribution in [0, 0.1) is 0 Å². The summed E-state index contributed by atoms with van der Waals surface area (Å²) >= 11 is 12.0. The SMILES string of the molecule is O=C([O-])c1ccc(C(=O)N2CCN(C(=O)c3ccc(Cl)cc3Cl)CC2)cc1. The lowest BCUT2D eigenvalue weighted by molar-refractivity contribution is -0.255. The van der Waals surface area contributed by atoms with Crippen molar-refractivity contribution < 1.29 is 19.5 Å². The number of hydrogen-bond acceptors (Lipinski definition) is 4. The molecule has 140 valence electrons. The summed E-state index contributed by atoms with van der Waals surface area (Å²) in [6, 6.07) is 10.3. The molecule has 1 saturated heterocycles. The third kappa shape index (κ3) is 4.23. The topological polar surface area (TPSA) is 80.8 Å². The van der Waals surface area contributed by atoms with Crippen molar-refractivity contribution in [1.29, 1.82) is 0 Å². The molecule has 27 heavy (non-hydrogen) atoms. The number of hydrogen-bond donors (Lipinski definition) is 0. The Morgan fingerprint density at radius 3 is 1.81 bits per heavy atom. The van der Waals surface area contributed by atoms with Crippen LogP contribution in [0.15, 0.2) is 42.5 Å². The number of nitrogens with zero attached hydrogens (tertiary/aromatic N) is 2. The first-order chi connectivity index (χ1) is 12.9. The molecule has 3 rings (SSSR count). The van der Waals surface area contributed by atoms with Crippen LogP contribution in [0.25, 0.3) is 0 Å². The van der Waals surface area contributed by atoms with E-state index in [2.05, 4.69) is 0 Å². The number of carboxylic acid groups (broad SMARTS) is 1. The zero-order chi connectivity index (χ0) is 19.6. The highest BCUT2D eigenvalue weighted by atomic mass is 35.5. The Bertz CT molecular complexity index is 891. The minimum Gasteiger partial charge on any atom is -0.545 e. The van der Waals surface area contributed by atoms with Crippen molar-refractivity contribution in [3.8, 4) is 0 Å². The lowest BCUT2D eigenvalue weighted by Crippen LogP contribution is -2.50. The second-order valence-corrected chi connectivity index (χ2v) is 6.92. The summed E-state index contributed by atoms with van der Waals surface area (Å²) in [7, 11) is 0. The highest BCUT2D eigenvalue weighted by Gasteiger charge is 2.26. The molecular formula is C19H15Cl2N2O4-. The normalized spacial score (nSPS) is 14.1. The fourth-order valence-corrected chi connectivity index (χ4v) is 3.37. The van der Waals surface area contributed by atoms with E-state index in [0.29, 0.717) is 47.4 Å². The van der Waals surface area contributed by atoms with E-state index >= 15 is 0 Å². The van der Waals surface area contributed by atoms with Gasteiger partial charge in [0.05, 0.1) is 16.6 Å². The maximum atomic E-state index is 12.6. The monoisotopic (exact) mass is 405 g/mol. The summed E-state index contributed by atoms with van der Waals surface area (Å²) in [6.45, 7) is 1.50. The molecule has 6 nitrogen and oxygen atoms in total. The van der Waals surface area contributed by atoms with E-state index in [1.54, 1.807) is 21.9 Å². The number of piperazine rings is 1. The Labute approximate surface area is 165 Å². The largest absolute Gasteiger partial charge is 0.545 e. The molecule has 0 atom stereocenters. The zero-order valence-electron chi connectivity index (χ0n) is 14.2. The maximum absolute atomic E-state index is 12.6. The summed E-state index contributed by atoms with van der Waals surface area (Å²) in [5.41, 5.74) is 0.779. The molecule has 0 unspecified atom stereocenters. The van der Waals surface area contributed by atoms with E-state index in [1.807, 2.05) is 0 Å². The lowest BCUT2D eigenvalue weighted by Gasteiger charge is -2.35. The van der Waals surface area contributed by atoms with E-state index in [0.717, 1.165) is 0 Å². The van der Waals surface area contributed by atoms with E-state index in [-0.39, 0.29) is 17.4 Å². The first-order valence-corrected chi connectivity index (χ1v) is 8.97. The quantitative estimate of drug-likeness (QED) is 0.781. The molecule has 0 bridgehead atoms. The van der Waals surface area contributed by atoms with Crippen molar-refractivity contribution in [3.63, 3.8) is 0 Å². The number of carbonyl (C=O) groups excluding carboxylic acids is 3. The van der Waals surface area contributed by atoms with Crippen LogP contribution in [-0.4, -0.2) is 53.8 Å². The Hall–Kier alpha value is -2.57. The third-order valence-electron chi connectivity index (χ3n) is 4.38. The lowest BCUT2D eigenvalue weighted by atomic mass is 10.1. The minimum absolute atomic E-state index is 0.0156. The molecule has 2 amide bonds. The Morgan fingerprint density at radius 1 is 0.778 bits per heavy atom. The van der Waals surface area contributed by atoms with Crippen LogP contribution >= 0.6 is 23.2 Å². The van der Waals surface area contributed by atoms with Gasteiger partial charge in [0.15, 0.2) is 0 Å². The van der Waals surface area contributed by atoms with E-state index in [9.17, 15) is 19.5 Å². The van der Waals surface area contributed by atoms with Gasteiger partial charge in [0.25, 0.3) is 11.8 Å². The van der Waals surface area contributed by atoms with Gasteiger partial charge in [-0.2, -0.15) is 0 Å². The van der Waals surface area contributed by atoms with Crippen molar-refractivity contribution in [3.05, 3.63) is 69.2 Å². The molecule has 1 aliphatic rings. The number of rotatable bonds is 3. The van der Waals surface area contributed by atoms with Crippen LogP contribution in [0.3, 0.4) is 0 Å². The highest BCUT2D eigenvalue weighted by molar-refractivity contribution is 6.36. The minimum atomic E-state index is -1.29. The molecule has 0 aromatic heterocycles. The molecule has 1 fully saturated rings. The fraction of sp³-hybridized carbons (Fsp3) is 0.211. The molecule has 0 aliphatic carbocycles. The van der Waals surface area contributed by atoms with Crippen LogP contribution in [0.2, 0.25) is 10.0 Å². The highest BCUT2D eigenvalue weighted by Crippen LogP contribution is 2.23. The molecule has 0 saturated carbocycles. The smallest absolute Gasteiger partial charge is 0.255 e. The van der Waals surface area contributed by atoms with Gasteiger partial charge in [-0.3, -0.25) is 9.59 Å². The first-order valence-electron chi connectivity index (χ1n) is 8.22. The molecule has 8 heteroatoms. The van der Waals surface area contributed by atoms with Gasteiger partial charge in [0, 0.05) is 36.8 Å². The van der Waals surface area contributed by atoms with Gasteiger partial charge in [0.1, 0.15) is 0 Å². The van der Waals surface area contributed by atoms with E-state index in [1.165, 1.54) is 30.3 Å². The standard InChI is InChI=1S/C19H16Cl2N2O4/c20-14-5-6-15(16(21)11-14)18(25)23-9-7-22(8-10-23)17(24)12-1-3-13(4-2-12)19(26)27/h1-6,11H,7-10H2,(H,26,27)/p-1. The molecular weight excluding hydrogens is 391 g/mol. The van der Waals surface area contributed by atoms with Crippen LogP contribution in [0.1, 0.15) is 31.1 Å². The first kappa shape index (κ1) is 19.2. The van der Waals surface area contributed by atoms with Gasteiger partial charge in [-0.15, -0.1) is 0 Å². The van der Waals surface area contributed by atoms with Crippen molar-refractivity contribution in [1.82, 2.24) is 9.80 Å². The third-order valence-corrected chi connectivity index (χ3v) is 4.93. The predicted molar refractivity (Wildman–Crippen MR) is 99.0 cm³/mol. The van der Waals surface area contributed by atoms with Crippen molar-refractivity contribution in [2.24, 2.45) is 0 Å². The zero-order valence-corrected chi connectivity index (χ0v) is 15.7. The fourth-order valence-electron chi connectivity index (χ4n) is 2.88. The molecule has 0 radical (unpaired) electrons. The second-order valence-electron chi connectivity index (χ2n) is 6.07. The van der Waals surface area contributed by atoms with Gasteiger partial charge in [-0.05, 0) is 35.9 Å². The van der Waals surface area contributed by atoms with Gasteiger partial charge in [-0.25, -0.2) is 0 Å². The number of carboxylic acids is 1. The van der Waals surface area contributed by atoms with Gasteiger partial charge >= 0.3 is 0 Å². The molecule has 1 heterocycles. The molecule has 1 aliphatic heterocycles. The average Bonchev–Trinajstić information content (AvgIpc) is 2.67. The van der Waals surface area contributed by atoms with Gasteiger partial charge in [-0.1, -0.05) is 35.3 Å². The van der Waals surface area contributed by atoms with E-state index < -0.39 is 5.97 Å². The number of halogens is 2. The molecule has 0 N–H and O–H groups in total. The Balaban J connectivity index is 1.63. The number of aromatic carboxylic acids is 1. The average molecular weight is 406 g/mol. The Kier molecular flexibility index (Phi) is 5.68. The van der Waals surface area contributed by atoms with Crippen LogP contribution < -0.4 is 5.11 Å². The summed E-state index contributed by atoms with van der Waals surface area (Å²) in [6.07, 6.45) is 0. The van der Waals surface area contributed by atoms with Crippen LogP contribution in [0.4, 0.5) is 0 Å². The number of amides is 2. The molecule has 2 aromatic rings. The Morgan fingerprint density at radius 2 is 1.30 bits per heavy atom. The summed E-state index contributed by atoms with van der Waals surface area (Å²) in [5, 5.41) is 11.5. The maximum Gasteiger partial charge on any atom is 0.255 e. The number of benzene rings is 2. The summed E-state index contributed by atoms with van der Waals surface area (Å²) in [5.74, 6) is -1.71. The van der Waals surface area contributed by atoms with Crippen LogP contribution in [-0.2, 0) is 0 Å². The second kappa shape index (κ2) is 7.98. The van der Waals surface area contributed by atoms with Gasteiger partial charge in [0.2, 0.25) is 0 Å². The summed E-state index contributed by atoms with van der Waals surface area (Å²) in [4.78, 5) is 39.2. The summed E-state index contributed by atoms with van der Waals surface area (Å²) < 4.78 is 0. The van der Waals surface area contributed by atoms with Gasteiger partial charge < -0.3 is 19.7 Å². The van der Waals surface area contributed by atoms with E-state index in [4.69, 9.17) is 23.2 Å².